The summed E-state index contributed by atoms with van der Waals surface area (Å²) in [6, 6.07) is 16.3. The smallest absolute Gasteiger partial charge is 0.255 e. The molecule has 130 valence electrons. The molecule has 0 radical (unpaired) electrons. The van der Waals surface area contributed by atoms with Crippen molar-refractivity contribution in [2.45, 2.75) is 20.3 Å². The molecule has 0 aromatic heterocycles. The van der Waals surface area contributed by atoms with Gasteiger partial charge in [0.05, 0.1) is 11.3 Å². The van der Waals surface area contributed by atoms with E-state index in [-0.39, 0.29) is 11.8 Å². The van der Waals surface area contributed by atoms with Crippen LogP contribution in [0.1, 0.15) is 41.0 Å². The highest BCUT2D eigenvalue weighted by Crippen LogP contribution is 2.25. The number of carbonyl (C=O) groups excluding carboxylic acids is 2. The second kappa shape index (κ2) is 7.51. The van der Waals surface area contributed by atoms with E-state index in [9.17, 15) is 9.59 Å². The molecule has 2 amide bonds. The van der Waals surface area contributed by atoms with E-state index in [1.54, 1.807) is 24.3 Å². The molecule has 1 aliphatic heterocycles. The third-order valence-corrected chi connectivity index (χ3v) is 4.60. The van der Waals surface area contributed by atoms with Crippen LogP contribution in [0.5, 0.6) is 0 Å². The third-order valence-electron chi connectivity index (χ3n) is 4.60. The number of rotatable bonds is 3. The van der Waals surface area contributed by atoms with Crippen molar-refractivity contribution in [2.75, 3.05) is 18.4 Å². The molecule has 4 heteroatoms. The zero-order chi connectivity index (χ0) is 17.8. The van der Waals surface area contributed by atoms with Crippen molar-refractivity contribution < 1.29 is 9.59 Å². The van der Waals surface area contributed by atoms with Gasteiger partial charge >= 0.3 is 0 Å². The summed E-state index contributed by atoms with van der Waals surface area (Å²) >= 11 is 0. The molecule has 0 spiro atoms. The van der Waals surface area contributed by atoms with Crippen molar-refractivity contribution in [1.29, 1.82) is 0 Å². The number of benzene rings is 2. The second-order valence-corrected chi connectivity index (χ2v) is 7.02. The average molecular weight is 336 g/mol. The predicted molar refractivity (Wildman–Crippen MR) is 99.7 cm³/mol. The minimum Gasteiger partial charge on any atom is -0.338 e. The molecule has 1 aliphatic rings. The van der Waals surface area contributed by atoms with E-state index in [1.807, 2.05) is 35.2 Å². The monoisotopic (exact) mass is 336 g/mol. The van der Waals surface area contributed by atoms with E-state index >= 15 is 0 Å². The topological polar surface area (TPSA) is 49.4 Å². The molecule has 1 saturated heterocycles. The lowest BCUT2D eigenvalue weighted by molar-refractivity contribution is 0.0624. The summed E-state index contributed by atoms with van der Waals surface area (Å²) in [7, 11) is 0. The molecule has 2 aromatic rings. The SMILES string of the molecule is CC1CC(C)CN(C(=O)c2ccccc2NC(=O)c2ccccc2)C1. The van der Waals surface area contributed by atoms with Crippen molar-refractivity contribution in [2.24, 2.45) is 11.8 Å². The summed E-state index contributed by atoms with van der Waals surface area (Å²) in [5.41, 5.74) is 1.69. The van der Waals surface area contributed by atoms with Gasteiger partial charge in [0.2, 0.25) is 0 Å². The van der Waals surface area contributed by atoms with Crippen LogP contribution in [-0.2, 0) is 0 Å². The Morgan fingerprint density at radius 2 is 1.52 bits per heavy atom. The summed E-state index contributed by atoms with van der Waals surface area (Å²) in [5, 5.41) is 2.88. The normalized spacial score (nSPS) is 20.2. The van der Waals surface area contributed by atoms with Gasteiger partial charge in [-0.1, -0.05) is 44.2 Å². The number of likely N-dealkylation sites (tertiary alicyclic amines) is 1. The maximum absolute atomic E-state index is 13.0. The predicted octanol–water partition coefficient (Wildman–Crippen LogP) is 4.06. The highest BCUT2D eigenvalue weighted by molar-refractivity contribution is 6.09. The van der Waals surface area contributed by atoms with E-state index in [2.05, 4.69) is 19.2 Å². The molecule has 0 aliphatic carbocycles. The maximum Gasteiger partial charge on any atom is 0.255 e. The highest BCUT2D eigenvalue weighted by Gasteiger charge is 2.27. The maximum atomic E-state index is 13.0. The number of nitrogens with one attached hydrogen (secondary N) is 1. The van der Waals surface area contributed by atoms with Gasteiger partial charge in [0.25, 0.3) is 11.8 Å². The number of anilines is 1. The largest absolute Gasteiger partial charge is 0.338 e. The highest BCUT2D eigenvalue weighted by atomic mass is 16.2. The number of hydrogen-bond donors (Lipinski definition) is 1. The van der Waals surface area contributed by atoms with Crippen molar-refractivity contribution in [3.05, 3.63) is 65.7 Å². The molecule has 25 heavy (non-hydrogen) atoms. The van der Waals surface area contributed by atoms with Gasteiger partial charge in [-0.05, 0) is 42.5 Å². The van der Waals surface area contributed by atoms with E-state index in [4.69, 9.17) is 0 Å². The number of hydrogen-bond acceptors (Lipinski definition) is 2. The van der Waals surface area contributed by atoms with Gasteiger partial charge in [0.1, 0.15) is 0 Å². The van der Waals surface area contributed by atoms with Gasteiger partial charge in [-0.2, -0.15) is 0 Å². The zero-order valence-electron chi connectivity index (χ0n) is 14.7. The van der Waals surface area contributed by atoms with Gasteiger partial charge < -0.3 is 10.2 Å². The third kappa shape index (κ3) is 4.08. The summed E-state index contributed by atoms with van der Waals surface area (Å²) in [6.07, 6.45) is 1.15. The van der Waals surface area contributed by atoms with Crippen LogP contribution >= 0.6 is 0 Å². The molecule has 2 aromatic carbocycles. The van der Waals surface area contributed by atoms with Gasteiger partial charge in [0.15, 0.2) is 0 Å². The lowest BCUT2D eigenvalue weighted by atomic mass is 9.91. The summed E-state index contributed by atoms with van der Waals surface area (Å²) < 4.78 is 0. The Labute approximate surface area is 148 Å². The van der Waals surface area contributed by atoms with Crippen molar-refractivity contribution >= 4 is 17.5 Å². The molecule has 0 saturated carbocycles. The summed E-state index contributed by atoms with van der Waals surface area (Å²) in [5.74, 6) is 0.779. The molecule has 3 rings (SSSR count). The fourth-order valence-corrected chi connectivity index (χ4v) is 3.56. The zero-order valence-corrected chi connectivity index (χ0v) is 14.7. The van der Waals surface area contributed by atoms with Gasteiger partial charge in [-0.3, -0.25) is 9.59 Å². The quantitative estimate of drug-likeness (QED) is 0.919. The standard InChI is InChI=1S/C21H24N2O2/c1-15-12-16(2)14-23(13-15)21(25)18-10-6-7-11-19(18)22-20(24)17-8-4-3-5-9-17/h3-11,15-16H,12-14H2,1-2H3,(H,22,24). The van der Waals surface area contributed by atoms with Crippen molar-refractivity contribution in [3.8, 4) is 0 Å². The number of carbonyl (C=O) groups is 2. The van der Waals surface area contributed by atoms with Gasteiger partial charge in [-0.25, -0.2) is 0 Å². The Kier molecular flexibility index (Phi) is 5.17. The first kappa shape index (κ1) is 17.2. The number of para-hydroxylation sites is 1. The van der Waals surface area contributed by atoms with Crippen LogP contribution in [-0.4, -0.2) is 29.8 Å². The summed E-state index contributed by atoms with van der Waals surface area (Å²) in [6.45, 7) is 5.90. The average Bonchev–Trinajstić information content (AvgIpc) is 2.61. The fourth-order valence-electron chi connectivity index (χ4n) is 3.56. The van der Waals surface area contributed by atoms with Crippen LogP contribution in [0.15, 0.2) is 54.6 Å². The number of nitrogens with zero attached hydrogens (tertiary/aromatic N) is 1. The van der Waals surface area contributed by atoms with Gasteiger partial charge in [0, 0.05) is 18.7 Å². The van der Waals surface area contributed by atoms with Crippen LogP contribution in [0.2, 0.25) is 0 Å². The molecule has 0 bridgehead atoms. The molecule has 1 fully saturated rings. The molecule has 1 N–H and O–H groups in total. The first-order chi connectivity index (χ1) is 12.0. The minimum absolute atomic E-state index is 0.0117. The van der Waals surface area contributed by atoms with Crippen LogP contribution in [0.4, 0.5) is 5.69 Å². The molecule has 2 unspecified atom stereocenters. The lowest BCUT2D eigenvalue weighted by Crippen LogP contribution is -2.42. The minimum atomic E-state index is -0.207. The second-order valence-electron chi connectivity index (χ2n) is 7.02. The Bertz CT molecular complexity index is 748. The van der Waals surface area contributed by atoms with Crippen LogP contribution in [0, 0.1) is 11.8 Å². The van der Waals surface area contributed by atoms with E-state index in [0.29, 0.717) is 28.7 Å². The molecular weight excluding hydrogens is 312 g/mol. The number of piperidine rings is 1. The summed E-state index contributed by atoms with van der Waals surface area (Å²) in [4.78, 5) is 27.3. The lowest BCUT2D eigenvalue weighted by Gasteiger charge is -2.35. The Balaban J connectivity index is 1.81. The molecule has 2 atom stereocenters. The van der Waals surface area contributed by atoms with E-state index in [0.717, 1.165) is 19.5 Å². The van der Waals surface area contributed by atoms with Crippen LogP contribution < -0.4 is 5.32 Å². The van der Waals surface area contributed by atoms with Gasteiger partial charge in [-0.15, -0.1) is 0 Å². The molecular formula is C21H24N2O2. The van der Waals surface area contributed by atoms with Crippen LogP contribution in [0.25, 0.3) is 0 Å². The number of amides is 2. The molecule has 1 heterocycles. The fraction of sp³-hybridized carbons (Fsp3) is 0.333. The van der Waals surface area contributed by atoms with E-state index in [1.165, 1.54) is 0 Å². The van der Waals surface area contributed by atoms with Crippen molar-refractivity contribution in [1.82, 2.24) is 4.90 Å². The Morgan fingerprint density at radius 3 is 2.20 bits per heavy atom. The van der Waals surface area contributed by atoms with Crippen molar-refractivity contribution in [3.63, 3.8) is 0 Å². The molecule has 4 nitrogen and oxygen atoms in total. The van der Waals surface area contributed by atoms with Crippen LogP contribution in [0.3, 0.4) is 0 Å². The Morgan fingerprint density at radius 1 is 0.920 bits per heavy atom. The Hall–Kier alpha value is -2.62. The first-order valence-electron chi connectivity index (χ1n) is 8.79. The first-order valence-corrected chi connectivity index (χ1v) is 8.79. The van der Waals surface area contributed by atoms with E-state index < -0.39 is 0 Å².